The summed E-state index contributed by atoms with van der Waals surface area (Å²) >= 11 is 7.38. The molecular formula is C17H20ClN3O2S. The quantitative estimate of drug-likeness (QED) is 0.860. The third-order valence-corrected chi connectivity index (χ3v) is 5.58. The lowest BCUT2D eigenvalue weighted by atomic mass is 10.1. The molecule has 0 aliphatic carbocycles. The lowest BCUT2D eigenvalue weighted by Gasteiger charge is -2.29. The maximum atomic E-state index is 11.4. The molecule has 2 aliphatic rings. The van der Waals surface area contributed by atoms with Crippen LogP contribution in [-0.4, -0.2) is 45.8 Å². The monoisotopic (exact) mass is 365 g/mol. The van der Waals surface area contributed by atoms with Gasteiger partial charge in [0.1, 0.15) is 5.04 Å². The van der Waals surface area contributed by atoms with Crippen LogP contribution in [0.2, 0.25) is 5.02 Å². The van der Waals surface area contributed by atoms with Gasteiger partial charge in [-0.3, -0.25) is 9.69 Å². The van der Waals surface area contributed by atoms with Gasteiger partial charge in [-0.25, -0.2) is 5.43 Å². The van der Waals surface area contributed by atoms with Crippen molar-refractivity contribution in [3.8, 4) is 0 Å². The zero-order valence-corrected chi connectivity index (χ0v) is 15.0. The maximum Gasteiger partial charge on any atom is 0.253 e. The average molecular weight is 366 g/mol. The van der Waals surface area contributed by atoms with E-state index < -0.39 is 6.10 Å². The van der Waals surface area contributed by atoms with Gasteiger partial charge >= 0.3 is 0 Å². The smallest absolute Gasteiger partial charge is 0.253 e. The van der Waals surface area contributed by atoms with Gasteiger partial charge in [-0.05, 0) is 36.6 Å². The van der Waals surface area contributed by atoms with Crippen molar-refractivity contribution in [1.82, 2.24) is 10.3 Å². The van der Waals surface area contributed by atoms with Crippen LogP contribution in [0.15, 0.2) is 41.0 Å². The third kappa shape index (κ3) is 4.19. The Kier molecular flexibility index (Phi) is 5.61. The minimum absolute atomic E-state index is 0.0483. The molecule has 2 atom stereocenters. The molecule has 0 aromatic heterocycles. The highest BCUT2D eigenvalue weighted by atomic mass is 35.5. The van der Waals surface area contributed by atoms with Crippen LogP contribution in [0.25, 0.3) is 0 Å². The lowest BCUT2D eigenvalue weighted by molar-refractivity contribution is -0.120. The fourth-order valence-electron chi connectivity index (χ4n) is 2.70. The van der Waals surface area contributed by atoms with Crippen LogP contribution in [0, 0.1) is 0 Å². The first kappa shape index (κ1) is 17.5. The summed E-state index contributed by atoms with van der Waals surface area (Å²) in [6.45, 7) is 4.09. The molecule has 0 radical (unpaired) electrons. The molecule has 1 amide bonds. The molecule has 24 heavy (non-hydrogen) atoms. The Morgan fingerprint density at radius 3 is 2.83 bits per heavy atom. The van der Waals surface area contributed by atoms with E-state index in [1.807, 2.05) is 19.1 Å². The predicted octanol–water partition coefficient (Wildman–Crippen LogP) is 2.57. The number of aliphatic hydroxyl groups is 1. The molecule has 1 aromatic rings. The molecule has 0 fully saturated rings. The number of β-amino-alcohol motifs (C(OH)–C–C–N with tert-alkyl or cyclic N) is 1. The number of carbonyl (C=O) groups excluding carboxylic acids is 1. The van der Waals surface area contributed by atoms with Crippen molar-refractivity contribution >= 4 is 34.3 Å². The van der Waals surface area contributed by atoms with Crippen molar-refractivity contribution < 1.29 is 9.90 Å². The van der Waals surface area contributed by atoms with Crippen molar-refractivity contribution in [2.75, 3.05) is 19.6 Å². The molecule has 0 saturated heterocycles. The van der Waals surface area contributed by atoms with E-state index in [0.29, 0.717) is 11.6 Å². The SMILES string of the molecule is CC1SC(C2=CCN(CC(O)c3ccc(Cl)cc3)CC2)=NNC1=O. The highest BCUT2D eigenvalue weighted by Crippen LogP contribution is 2.26. The fraction of sp³-hybridized carbons (Fsp3) is 0.412. The highest BCUT2D eigenvalue weighted by molar-refractivity contribution is 8.15. The van der Waals surface area contributed by atoms with Gasteiger partial charge in [-0.1, -0.05) is 41.6 Å². The van der Waals surface area contributed by atoms with Gasteiger partial charge in [-0.2, -0.15) is 5.10 Å². The average Bonchev–Trinajstić information content (AvgIpc) is 2.58. The van der Waals surface area contributed by atoms with Crippen LogP contribution in [0.4, 0.5) is 0 Å². The number of rotatable bonds is 4. The van der Waals surface area contributed by atoms with Crippen LogP contribution in [0.1, 0.15) is 25.0 Å². The van der Waals surface area contributed by atoms with E-state index >= 15 is 0 Å². The van der Waals surface area contributed by atoms with Crippen molar-refractivity contribution in [2.45, 2.75) is 24.7 Å². The standard InChI is InChI=1S/C17H20ClN3O2S/c1-11-16(23)19-20-17(24-11)13-6-8-21(9-7-13)10-15(22)12-2-4-14(18)5-3-12/h2-6,11,15,22H,7-10H2,1H3,(H,19,23). The van der Waals surface area contributed by atoms with Gasteiger partial charge in [0.05, 0.1) is 11.4 Å². The molecule has 0 bridgehead atoms. The largest absolute Gasteiger partial charge is 0.387 e. The van der Waals surface area contributed by atoms with Crippen LogP contribution < -0.4 is 5.43 Å². The number of aliphatic hydroxyl groups excluding tert-OH is 1. The van der Waals surface area contributed by atoms with Crippen LogP contribution >= 0.6 is 23.4 Å². The van der Waals surface area contributed by atoms with Crippen LogP contribution in [0.5, 0.6) is 0 Å². The first-order chi connectivity index (χ1) is 11.5. The van der Waals surface area contributed by atoms with E-state index in [1.54, 1.807) is 12.1 Å². The molecule has 2 heterocycles. The van der Waals surface area contributed by atoms with E-state index in [2.05, 4.69) is 21.5 Å². The van der Waals surface area contributed by atoms with Crippen molar-refractivity contribution in [3.63, 3.8) is 0 Å². The topological polar surface area (TPSA) is 64.9 Å². The number of nitrogens with zero attached hydrogens (tertiary/aromatic N) is 2. The Morgan fingerprint density at radius 2 is 2.21 bits per heavy atom. The van der Waals surface area contributed by atoms with E-state index in [1.165, 1.54) is 17.3 Å². The summed E-state index contributed by atoms with van der Waals surface area (Å²) in [5, 5.41) is 16.0. The highest BCUT2D eigenvalue weighted by Gasteiger charge is 2.25. The van der Waals surface area contributed by atoms with Crippen molar-refractivity contribution in [3.05, 3.63) is 46.5 Å². The Morgan fingerprint density at radius 1 is 1.46 bits per heavy atom. The number of hydrogen-bond donors (Lipinski definition) is 2. The second kappa shape index (κ2) is 7.70. The number of amides is 1. The van der Waals surface area contributed by atoms with Gasteiger partial charge in [0, 0.05) is 24.7 Å². The summed E-state index contributed by atoms with van der Waals surface area (Å²) in [4.78, 5) is 13.7. The Balaban J connectivity index is 1.57. The van der Waals surface area contributed by atoms with E-state index in [0.717, 1.165) is 30.1 Å². The number of thioether (sulfide) groups is 1. The molecule has 3 rings (SSSR count). The molecule has 7 heteroatoms. The third-order valence-electron chi connectivity index (χ3n) is 4.18. The Labute approximate surface area is 150 Å². The summed E-state index contributed by atoms with van der Waals surface area (Å²) in [6, 6.07) is 7.30. The zero-order valence-electron chi connectivity index (χ0n) is 13.4. The first-order valence-electron chi connectivity index (χ1n) is 7.92. The van der Waals surface area contributed by atoms with Crippen molar-refractivity contribution in [1.29, 1.82) is 0 Å². The summed E-state index contributed by atoms with van der Waals surface area (Å²) < 4.78 is 0. The lowest BCUT2D eigenvalue weighted by Crippen LogP contribution is -2.36. The molecule has 1 aromatic carbocycles. The van der Waals surface area contributed by atoms with Gasteiger partial charge in [-0.15, -0.1) is 0 Å². The number of nitrogens with one attached hydrogen (secondary N) is 1. The Bertz CT molecular complexity index is 675. The second-order valence-electron chi connectivity index (χ2n) is 5.96. The normalized spacial score (nSPS) is 23.3. The molecule has 0 saturated carbocycles. The second-order valence-corrected chi connectivity index (χ2v) is 7.73. The summed E-state index contributed by atoms with van der Waals surface area (Å²) in [5.41, 5.74) is 4.62. The molecular weight excluding hydrogens is 346 g/mol. The Hall–Kier alpha value is -1.34. The number of hydrazone groups is 1. The molecule has 5 nitrogen and oxygen atoms in total. The zero-order chi connectivity index (χ0) is 17.1. The predicted molar refractivity (Wildman–Crippen MR) is 98.2 cm³/mol. The van der Waals surface area contributed by atoms with Gasteiger partial charge in [0.15, 0.2) is 0 Å². The molecule has 128 valence electrons. The van der Waals surface area contributed by atoms with E-state index in [4.69, 9.17) is 11.6 Å². The summed E-state index contributed by atoms with van der Waals surface area (Å²) in [5.74, 6) is -0.0483. The first-order valence-corrected chi connectivity index (χ1v) is 9.18. The molecule has 0 spiro atoms. The van der Waals surface area contributed by atoms with E-state index in [9.17, 15) is 9.90 Å². The number of benzene rings is 1. The molecule has 2 unspecified atom stereocenters. The minimum Gasteiger partial charge on any atom is -0.387 e. The summed E-state index contributed by atoms with van der Waals surface area (Å²) in [6.07, 6.45) is 2.47. The minimum atomic E-state index is -0.530. The van der Waals surface area contributed by atoms with Crippen LogP contribution in [-0.2, 0) is 4.79 Å². The number of halogens is 1. The van der Waals surface area contributed by atoms with Gasteiger partial charge in [0.25, 0.3) is 5.91 Å². The number of carbonyl (C=O) groups is 1. The van der Waals surface area contributed by atoms with Crippen molar-refractivity contribution in [2.24, 2.45) is 5.10 Å². The molecule has 2 aliphatic heterocycles. The van der Waals surface area contributed by atoms with Gasteiger partial charge in [0.2, 0.25) is 0 Å². The van der Waals surface area contributed by atoms with Crippen LogP contribution in [0.3, 0.4) is 0 Å². The fourth-order valence-corrected chi connectivity index (χ4v) is 3.75. The van der Waals surface area contributed by atoms with Gasteiger partial charge < -0.3 is 5.11 Å². The maximum absolute atomic E-state index is 11.4. The number of hydrogen-bond acceptors (Lipinski definition) is 5. The summed E-state index contributed by atoms with van der Waals surface area (Å²) in [7, 11) is 0. The molecule has 2 N–H and O–H groups in total. The van der Waals surface area contributed by atoms with E-state index in [-0.39, 0.29) is 11.2 Å².